The van der Waals surface area contributed by atoms with Crippen LogP contribution in [0.3, 0.4) is 0 Å². The Morgan fingerprint density at radius 1 is 1.20 bits per heavy atom. The highest BCUT2D eigenvalue weighted by atomic mass is 16.2. The van der Waals surface area contributed by atoms with Crippen LogP contribution in [0.4, 0.5) is 11.4 Å². The van der Waals surface area contributed by atoms with Crippen LogP contribution in [0.5, 0.6) is 0 Å². The first kappa shape index (κ1) is 13.5. The molecule has 0 atom stereocenters. The molecule has 1 saturated carbocycles. The van der Waals surface area contributed by atoms with Crippen molar-refractivity contribution >= 4 is 17.3 Å². The third kappa shape index (κ3) is 1.55. The van der Waals surface area contributed by atoms with Gasteiger partial charge in [0, 0.05) is 23.7 Å². The molecule has 2 aliphatic rings. The summed E-state index contributed by atoms with van der Waals surface area (Å²) in [6, 6.07) is 6.04. The molecule has 108 valence electrons. The maximum atomic E-state index is 12.2. The van der Waals surface area contributed by atoms with E-state index >= 15 is 0 Å². The molecule has 0 aromatic heterocycles. The van der Waals surface area contributed by atoms with Crippen molar-refractivity contribution in [2.24, 2.45) is 0 Å². The third-order valence-corrected chi connectivity index (χ3v) is 5.53. The summed E-state index contributed by atoms with van der Waals surface area (Å²) in [7, 11) is 0. The zero-order chi connectivity index (χ0) is 14.5. The number of carbonyl (C=O) groups is 1. The van der Waals surface area contributed by atoms with Crippen LogP contribution in [0.15, 0.2) is 18.2 Å². The van der Waals surface area contributed by atoms with Gasteiger partial charge in [0.2, 0.25) is 5.91 Å². The summed E-state index contributed by atoms with van der Waals surface area (Å²) in [4.78, 5) is 14.2. The average molecular weight is 272 g/mol. The van der Waals surface area contributed by atoms with E-state index in [0.717, 1.165) is 24.2 Å². The molecule has 20 heavy (non-hydrogen) atoms. The van der Waals surface area contributed by atoms with Gasteiger partial charge in [-0.25, -0.2) is 0 Å². The van der Waals surface area contributed by atoms with Gasteiger partial charge in [0.05, 0.1) is 5.54 Å². The van der Waals surface area contributed by atoms with Crippen LogP contribution in [0.1, 0.15) is 58.4 Å². The van der Waals surface area contributed by atoms with Crippen molar-refractivity contribution in [3.8, 4) is 0 Å². The number of nitrogens with zero attached hydrogens (tertiary/aromatic N) is 1. The van der Waals surface area contributed by atoms with Crippen LogP contribution in [0.2, 0.25) is 0 Å². The number of fused-ring (bicyclic) bond motifs is 2. The maximum Gasteiger partial charge on any atom is 0.224 e. The minimum Gasteiger partial charge on any atom is -0.399 e. The molecule has 0 bridgehead atoms. The Morgan fingerprint density at radius 2 is 1.85 bits per heavy atom. The molecule has 2 N–H and O–H groups in total. The molecule has 3 nitrogen and oxygen atoms in total. The molecule has 0 radical (unpaired) electrons. The standard InChI is InChI=1S/C17H24N2O/c1-12(20)19-15-8-7-13(18)11-14(15)17(16(19,2)3)9-5-4-6-10-17/h7-8,11H,4-6,9-10,18H2,1-3H3. The monoisotopic (exact) mass is 272 g/mol. The molecule has 1 fully saturated rings. The third-order valence-electron chi connectivity index (χ3n) is 5.53. The topological polar surface area (TPSA) is 46.3 Å². The first-order chi connectivity index (χ1) is 9.40. The lowest BCUT2D eigenvalue weighted by Crippen LogP contribution is -2.56. The van der Waals surface area contributed by atoms with E-state index < -0.39 is 0 Å². The molecule has 1 aliphatic heterocycles. The number of hydrogen-bond acceptors (Lipinski definition) is 2. The molecule has 3 heteroatoms. The first-order valence-electron chi connectivity index (χ1n) is 7.61. The van der Waals surface area contributed by atoms with Crippen LogP contribution in [0.25, 0.3) is 0 Å². The van der Waals surface area contributed by atoms with E-state index in [1.807, 2.05) is 17.0 Å². The normalized spacial score (nSPS) is 22.9. The molecule has 1 aromatic rings. The minimum absolute atomic E-state index is 0.0711. The number of rotatable bonds is 0. The Balaban J connectivity index is 2.25. The second-order valence-electron chi connectivity index (χ2n) is 6.83. The summed E-state index contributed by atoms with van der Waals surface area (Å²) >= 11 is 0. The van der Waals surface area contributed by atoms with E-state index in [9.17, 15) is 4.79 Å². The number of anilines is 2. The summed E-state index contributed by atoms with van der Waals surface area (Å²) in [5.41, 5.74) is 9.09. The Morgan fingerprint density at radius 3 is 2.45 bits per heavy atom. The van der Waals surface area contributed by atoms with Crippen molar-refractivity contribution in [1.82, 2.24) is 0 Å². The summed E-state index contributed by atoms with van der Waals surface area (Å²) in [6.07, 6.45) is 6.09. The lowest BCUT2D eigenvalue weighted by atomic mass is 9.61. The Labute approximate surface area is 121 Å². The molecular weight excluding hydrogens is 248 g/mol. The second-order valence-corrected chi connectivity index (χ2v) is 6.83. The van der Waals surface area contributed by atoms with Gasteiger partial charge in [0.15, 0.2) is 0 Å². The van der Waals surface area contributed by atoms with Gasteiger partial charge < -0.3 is 10.6 Å². The van der Waals surface area contributed by atoms with Crippen molar-refractivity contribution in [1.29, 1.82) is 0 Å². The SMILES string of the molecule is CC(=O)N1c2ccc(N)cc2C2(CCCCC2)C1(C)C. The fourth-order valence-electron chi connectivity index (χ4n) is 4.58. The van der Waals surface area contributed by atoms with Gasteiger partial charge >= 0.3 is 0 Å². The summed E-state index contributed by atoms with van der Waals surface area (Å²) < 4.78 is 0. The lowest BCUT2D eigenvalue weighted by molar-refractivity contribution is -0.118. The predicted octanol–water partition coefficient (Wildman–Crippen LogP) is 3.62. The minimum atomic E-state index is -0.171. The predicted molar refractivity (Wildman–Crippen MR) is 82.9 cm³/mol. The fraction of sp³-hybridized carbons (Fsp3) is 0.588. The molecular formula is C17H24N2O. The van der Waals surface area contributed by atoms with E-state index in [0.29, 0.717) is 0 Å². The highest BCUT2D eigenvalue weighted by molar-refractivity contribution is 5.97. The van der Waals surface area contributed by atoms with Gasteiger partial charge in [-0.05, 0) is 50.5 Å². The molecule has 1 heterocycles. The zero-order valence-electron chi connectivity index (χ0n) is 12.7. The van der Waals surface area contributed by atoms with Crippen LogP contribution in [-0.4, -0.2) is 11.4 Å². The maximum absolute atomic E-state index is 12.2. The van der Waals surface area contributed by atoms with Gasteiger partial charge in [0.25, 0.3) is 0 Å². The van der Waals surface area contributed by atoms with E-state index in [1.165, 1.54) is 24.8 Å². The van der Waals surface area contributed by atoms with Crippen LogP contribution < -0.4 is 10.6 Å². The molecule has 1 amide bonds. The number of carbonyl (C=O) groups excluding carboxylic acids is 1. The number of amides is 1. The van der Waals surface area contributed by atoms with E-state index in [2.05, 4.69) is 19.9 Å². The van der Waals surface area contributed by atoms with E-state index in [1.54, 1.807) is 6.92 Å². The smallest absolute Gasteiger partial charge is 0.224 e. The van der Waals surface area contributed by atoms with Gasteiger partial charge in [0.1, 0.15) is 0 Å². The van der Waals surface area contributed by atoms with Crippen molar-refractivity contribution in [2.45, 2.75) is 63.8 Å². The zero-order valence-corrected chi connectivity index (χ0v) is 12.7. The van der Waals surface area contributed by atoms with Crippen LogP contribution in [0, 0.1) is 0 Å². The summed E-state index contributed by atoms with van der Waals surface area (Å²) in [6.45, 7) is 6.11. The summed E-state index contributed by atoms with van der Waals surface area (Å²) in [5, 5.41) is 0. The van der Waals surface area contributed by atoms with Crippen LogP contribution >= 0.6 is 0 Å². The molecule has 0 unspecified atom stereocenters. The molecule has 3 rings (SSSR count). The first-order valence-corrected chi connectivity index (χ1v) is 7.61. The van der Waals surface area contributed by atoms with E-state index in [-0.39, 0.29) is 16.9 Å². The van der Waals surface area contributed by atoms with Crippen molar-refractivity contribution in [3.05, 3.63) is 23.8 Å². The quantitative estimate of drug-likeness (QED) is 0.733. The highest BCUT2D eigenvalue weighted by Gasteiger charge is 2.57. The number of nitrogen functional groups attached to an aromatic ring is 1. The number of hydrogen-bond donors (Lipinski definition) is 1. The average Bonchev–Trinajstić information content (AvgIpc) is 2.57. The number of benzene rings is 1. The number of nitrogens with two attached hydrogens (primary N) is 1. The van der Waals surface area contributed by atoms with Gasteiger partial charge in [-0.1, -0.05) is 19.3 Å². The second kappa shape index (κ2) is 4.24. The Hall–Kier alpha value is -1.51. The highest BCUT2D eigenvalue weighted by Crippen LogP contribution is 2.58. The molecule has 1 aromatic carbocycles. The largest absolute Gasteiger partial charge is 0.399 e. The van der Waals surface area contributed by atoms with Crippen molar-refractivity contribution in [3.63, 3.8) is 0 Å². The van der Waals surface area contributed by atoms with Crippen molar-refractivity contribution in [2.75, 3.05) is 10.6 Å². The molecule has 1 spiro atoms. The fourth-order valence-corrected chi connectivity index (χ4v) is 4.58. The molecule has 1 aliphatic carbocycles. The van der Waals surface area contributed by atoms with Crippen LogP contribution in [-0.2, 0) is 10.2 Å². The van der Waals surface area contributed by atoms with Gasteiger partial charge in [-0.3, -0.25) is 4.79 Å². The van der Waals surface area contributed by atoms with Gasteiger partial charge in [-0.15, -0.1) is 0 Å². The Bertz CT molecular complexity index is 556. The Kier molecular flexibility index (Phi) is 2.86. The lowest BCUT2D eigenvalue weighted by Gasteiger charge is -2.47. The van der Waals surface area contributed by atoms with Gasteiger partial charge in [-0.2, -0.15) is 0 Å². The summed E-state index contributed by atoms with van der Waals surface area (Å²) in [5.74, 6) is 0.128. The van der Waals surface area contributed by atoms with E-state index in [4.69, 9.17) is 5.73 Å². The van der Waals surface area contributed by atoms with Crippen molar-refractivity contribution < 1.29 is 4.79 Å². The molecule has 0 saturated heterocycles.